The van der Waals surface area contributed by atoms with Crippen LogP contribution in [-0.2, 0) is 16.0 Å². The van der Waals surface area contributed by atoms with Gasteiger partial charge in [-0.1, -0.05) is 6.07 Å². The van der Waals surface area contributed by atoms with Crippen LogP contribution in [0.15, 0.2) is 24.5 Å². The quantitative estimate of drug-likeness (QED) is 0.686. The summed E-state index contributed by atoms with van der Waals surface area (Å²) in [6.45, 7) is 0.365. The minimum absolute atomic E-state index is 0.217. The smallest absolute Gasteiger partial charge is 0.321 e. The molecular weight excluding hydrogens is 250 g/mol. The zero-order valence-electron chi connectivity index (χ0n) is 10.3. The lowest BCUT2D eigenvalue weighted by atomic mass is 10.2. The van der Waals surface area contributed by atoms with Gasteiger partial charge in [-0.25, -0.2) is 4.79 Å². The van der Waals surface area contributed by atoms with E-state index in [0.29, 0.717) is 13.0 Å². The summed E-state index contributed by atoms with van der Waals surface area (Å²) in [5, 5.41) is 12.9. The van der Waals surface area contributed by atoms with Crippen LogP contribution < -0.4 is 10.6 Å². The number of hydrogen-bond donors (Lipinski definition) is 3. The average Bonchev–Trinajstić information content (AvgIpc) is 2.37. The lowest BCUT2D eigenvalue weighted by molar-refractivity contribution is -0.138. The maximum atomic E-state index is 11.3. The Morgan fingerprint density at radius 3 is 2.68 bits per heavy atom. The summed E-state index contributed by atoms with van der Waals surface area (Å²) in [6, 6.07) is 3.05. The van der Waals surface area contributed by atoms with Crippen molar-refractivity contribution < 1.29 is 19.5 Å². The number of rotatable bonds is 6. The molecule has 1 rings (SSSR count). The number of hydrogen-bond acceptors (Lipinski definition) is 4. The monoisotopic (exact) mass is 265 g/mol. The molecule has 0 saturated heterocycles. The van der Waals surface area contributed by atoms with Gasteiger partial charge in [-0.15, -0.1) is 0 Å². The minimum Gasteiger partial charge on any atom is -0.481 e. The Kier molecular flexibility index (Phi) is 6.00. The number of carboxylic acid groups (broad SMARTS) is 1. The zero-order valence-corrected chi connectivity index (χ0v) is 10.3. The van der Waals surface area contributed by atoms with Gasteiger partial charge in [0.25, 0.3) is 0 Å². The number of nitrogens with one attached hydrogen (secondary N) is 2. The number of carboxylic acids is 1. The van der Waals surface area contributed by atoms with Crippen LogP contribution in [0.1, 0.15) is 18.4 Å². The molecule has 0 fully saturated rings. The van der Waals surface area contributed by atoms with Crippen molar-refractivity contribution in [1.82, 2.24) is 15.6 Å². The normalized spacial score (nSPS) is 9.68. The summed E-state index contributed by atoms with van der Waals surface area (Å²) in [5.41, 5.74) is 0.972. The molecule has 3 amide bonds. The molecule has 0 aromatic carbocycles. The first-order valence-corrected chi connectivity index (χ1v) is 5.76. The van der Waals surface area contributed by atoms with Gasteiger partial charge < -0.3 is 10.4 Å². The van der Waals surface area contributed by atoms with Gasteiger partial charge in [0.2, 0.25) is 5.91 Å². The van der Waals surface area contributed by atoms with Gasteiger partial charge in [0.15, 0.2) is 0 Å². The summed E-state index contributed by atoms with van der Waals surface area (Å²) >= 11 is 0. The van der Waals surface area contributed by atoms with Crippen LogP contribution in [0.5, 0.6) is 0 Å². The lowest BCUT2D eigenvalue weighted by Gasteiger charge is -2.06. The van der Waals surface area contributed by atoms with Crippen LogP contribution in [0.3, 0.4) is 0 Å². The number of aliphatic carboxylic acids is 1. The Bertz CT molecular complexity index is 448. The predicted molar refractivity (Wildman–Crippen MR) is 66.4 cm³/mol. The number of urea groups is 1. The van der Waals surface area contributed by atoms with Crippen LogP contribution in [-0.4, -0.2) is 34.5 Å². The van der Waals surface area contributed by atoms with Crippen LogP contribution in [0, 0.1) is 0 Å². The third-order valence-corrected chi connectivity index (χ3v) is 2.24. The highest BCUT2D eigenvalue weighted by Crippen LogP contribution is 1.95. The second kappa shape index (κ2) is 7.80. The number of carbonyl (C=O) groups is 3. The predicted octanol–water partition coefficient (Wildman–Crippen LogP) is 0.315. The molecule has 1 aromatic rings. The number of amides is 3. The summed E-state index contributed by atoms with van der Waals surface area (Å²) in [5.74, 6) is -1.69. The van der Waals surface area contributed by atoms with Gasteiger partial charge in [-0.2, -0.15) is 0 Å². The standard InChI is InChI=1S/C12H15N3O4/c16-10(3-4-11(17)18)15-12(19)14-7-5-9-2-1-6-13-8-9/h1-2,6,8H,3-5,7H2,(H,17,18)(H2,14,15,16,19). The van der Waals surface area contributed by atoms with E-state index in [1.165, 1.54) is 0 Å². The number of carbonyl (C=O) groups excluding carboxylic acids is 2. The Balaban J connectivity index is 2.17. The lowest BCUT2D eigenvalue weighted by Crippen LogP contribution is -2.40. The molecule has 7 heteroatoms. The van der Waals surface area contributed by atoms with E-state index < -0.39 is 17.9 Å². The highest BCUT2D eigenvalue weighted by molar-refractivity contribution is 5.95. The molecule has 0 aliphatic rings. The van der Waals surface area contributed by atoms with Crippen molar-refractivity contribution in [3.05, 3.63) is 30.1 Å². The van der Waals surface area contributed by atoms with E-state index >= 15 is 0 Å². The van der Waals surface area contributed by atoms with Crippen molar-refractivity contribution in [2.24, 2.45) is 0 Å². The van der Waals surface area contributed by atoms with Gasteiger partial charge in [-0.3, -0.25) is 19.9 Å². The molecule has 0 atom stereocenters. The molecule has 3 N–H and O–H groups in total. The zero-order chi connectivity index (χ0) is 14.1. The van der Waals surface area contributed by atoms with Crippen molar-refractivity contribution in [3.8, 4) is 0 Å². The summed E-state index contributed by atoms with van der Waals surface area (Å²) < 4.78 is 0. The van der Waals surface area contributed by atoms with Crippen molar-refractivity contribution in [1.29, 1.82) is 0 Å². The minimum atomic E-state index is -1.08. The third kappa shape index (κ3) is 6.77. The van der Waals surface area contributed by atoms with Crippen LogP contribution in [0.2, 0.25) is 0 Å². The maximum absolute atomic E-state index is 11.3. The SMILES string of the molecule is O=C(O)CCC(=O)NC(=O)NCCc1cccnc1. The molecular formula is C12H15N3O4. The largest absolute Gasteiger partial charge is 0.481 e. The Morgan fingerprint density at radius 2 is 2.05 bits per heavy atom. The maximum Gasteiger partial charge on any atom is 0.321 e. The molecule has 0 saturated carbocycles. The topological polar surface area (TPSA) is 108 Å². The van der Waals surface area contributed by atoms with E-state index in [2.05, 4.69) is 15.6 Å². The first-order valence-electron chi connectivity index (χ1n) is 5.76. The second-order valence-electron chi connectivity index (χ2n) is 3.81. The van der Waals surface area contributed by atoms with Gasteiger partial charge in [0, 0.05) is 25.4 Å². The highest BCUT2D eigenvalue weighted by atomic mass is 16.4. The Hall–Kier alpha value is -2.44. The molecule has 7 nitrogen and oxygen atoms in total. The third-order valence-electron chi connectivity index (χ3n) is 2.24. The van der Waals surface area contributed by atoms with Gasteiger partial charge >= 0.3 is 12.0 Å². The van der Waals surface area contributed by atoms with Crippen molar-refractivity contribution in [3.63, 3.8) is 0 Å². The van der Waals surface area contributed by atoms with Crippen LogP contribution >= 0.6 is 0 Å². The molecule has 0 radical (unpaired) electrons. The fourth-order valence-electron chi connectivity index (χ4n) is 1.32. The fraction of sp³-hybridized carbons (Fsp3) is 0.333. The molecule has 0 aliphatic heterocycles. The average molecular weight is 265 g/mol. The van der Waals surface area contributed by atoms with E-state index in [4.69, 9.17) is 5.11 Å². The second-order valence-corrected chi connectivity index (χ2v) is 3.81. The Morgan fingerprint density at radius 1 is 1.26 bits per heavy atom. The summed E-state index contributed by atoms with van der Waals surface area (Å²) in [6.07, 6.45) is 3.44. The van der Waals surface area contributed by atoms with E-state index in [-0.39, 0.29) is 12.8 Å². The van der Waals surface area contributed by atoms with E-state index in [1.807, 2.05) is 6.07 Å². The molecule has 0 bridgehead atoms. The molecule has 102 valence electrons. The highest BCUT2D eigenvalue weighted by Gasteiger charge is 2.08. The molecule has 19 heavy (non-hydrogen) atoms. The van der Waals surface area contributed by atoms with Gasteiger partial charge in [-0.05, 0) is 18.1 Å². The number of nitrogens with zero attached hydrogens (tertiary/aromatic N) is 1. The number of pyridine rings is 1. The molecule has 1 heterocycles. The molecule has 1 aromatic heterocycles. The molecule has 0 aliphatic carbocycles. The summed E-state index contributed by atoms with van der Waals surface area (Å²) in [7, 11) is 0. The van der Waals surface area contributed by atoms with E-state index in [0.717, 1.165) is 5.56 Å². The van der Waals surface area contributed by atoms with E-state index in [1.54, 1.807) is 18.5 Å². The van der Waals surface area contributed by atoms with Crippen molar-refractivity contribution in [2.75, 3.05) is 6.54 Å². The molecule has 0 spiro atoms. The molecule has 0 unspecified atom stereocenters. The van der Waals surface area contributed by atoms with E-state index in [9.17, 15) is 14.4 Å². The van der Waals surface area contributed by atoms with Gasteiger partial charge in [0.1, 0.15) is 0 Å². The van der Waals surface area contributed by atoms with Gasteiger partial charge in [0.05, 0.1) is 6.42 Å². The van der Waals surface area contributed by atoms with Crippen LogP contribution in [0.25, 0.3) is 0 Å². The first kappa shape index (κ1) is 14.6. The summed E-state index contributed by atoms with van der Waals surface area (Å²) in [4.78, 5) is 36.6. The van der Waals surface area contributed by atoms with Crippen molar-refractivity contribution >= 4 is 17.9 Å². The number of imide groups is 1. The fourth-order valence-corrected chi connectivity index (χ4v) is 1.32. The first-order chi connectivity index (χ1) is 9.08. The van der Waals surface area contributed by atoms with Crippen molar-refractivity contribution in [2.45, 2.75) is 19.3 Å². The Labute approximate surface area is 110 Å². The number of aromatic nitrogens is 1. The van der Waals surface area contributed by atoms with Crippen LogP contribution in [0.4, 0.5) is 4.79 Å².